The smallest absolute Gasteiger partial charge is 0.335 e. The van der Waals surface area contributed by atoms with E-state index in [2.05, 4.69) is 5.32 Å². The van der Waals surface area contributed by atoms with Gasteiger partial charge in [0.05, 0.1) is 30.4 Å². The Morgan fingerprint density at radius 1 is 1.17 bits per heavy atom. The lowest BCUT2D eigenvalue weighted by Crippen LogP contribution is -2.35. The van der Waals surface area contributed by atoms with Crippen LogP contribution in [0.4, 0.5) is 0 Å². The minimum atomic E-state index is -1.04. The fourth-order valence-corrected chi connectivity index (χ4v) is 2.15. The molecule has 1 aromatic rings. The molecule has 0 radical (unpaired) electrons. The number of aliphatic hydroxyl groups is 3. The molecule has 4 unspecified atom stereocenters. The highest BCUT2D eigenvalue weighted by Crippen LogP contribution is 2.27. The molecule has 1 saturated heterocycles. The zero-order valence-corrected chi connectivity index (χ0v) is 9.52. The van der Waals surface area contributed by atoms with Gasteiger partial charge in [-0.25, -0.2) is 4.79 Å². The van der Waals surface area contributed by atoms with Gasteiger partial charge in [0.1, 0.15) is 6.10 Å². The molecule has 0 aromatic heterocycles. The number of nitrogens with one attached hydrogen (secondary N) is 1. The van der Waals surface area contributed by atoms with Crippen molar-refractivity contribution < 1.29 is 25.2 Å². The van der Waals surface area contributed by atoms with E-state index in [0.717, 1.165) is 0 Å². The molecule has 0 saturated carbocycles. The van der Waals surface area contributed by atoms with Crippen molar-refractivity contribution in [3.63, 3.8) is 0 Å². The van der Waals surface area contributed by atoms with Crippen molar-refractivity contribution >= 4 is 5.97 Å². The molecule has 1 aliphatic heterocycles. The lowest BCUT2D eigenvalue weighted by Gasteiger charge is -2.16. The van der Waals surface area contributed by atoms with Gasteiger partial charge in [-0.05, 0) is 17.7 Å². The van der Waals surface area contributed by atoms with Crippen LogP contribution >= 0.6 is 0 Å². The van der Waals surface area contributed by atoms with Gasteiger partial charge < -0.3 is 25.7 Å². The van der Waals surface area contributed by atoms with Crippen LogP contribution in [0.3, 0.4) is 0 Å². The summed E-state index contributed by atoms with van der Waals surface area (Å²) in [5.41, 5.74) is 0.827. The van der Waals surface area contributed by atoms with Crippen LogP contribution in [-0.4, -0.2) is 51.3 Å². The van der Waals surface area contributed by atoms with Gasteiger partial charge in [0.15, 0.2) is 0 Å². The minimum absolute atomic E-state index is 0.158. The SMILES string of the molecule is O=C(O)c1ccc(C2NC(CO)C(O)C2O)cc1. The van der Waals surface area contributed by atoms with Crippen molar-refractivity contribution in [1.82, 2.24) is 5.32 Å². The molecule has 6 heteroatoms. The molecule has 5 N–H and O–H groups in total. The molecule has 18 heavy (non-hydrogen) atoms. The Hall–Kier alpha value is -1.47. The Morgan fingerprint density at radius 3 is 2.22 bits per heavy atom. The van der Waals surface area contributed by atoms with E-state index in [1.807, 2.05) is 0 Å². The van der Waals surface area contributed by atoms with Gasteiger partial charge in [-0.15, -0.1) is 0 Å². The number of carboxylic acids is 1. The third-order valence-electron chi connectivity index (χ3n) is 3.21. The van der Waals surface area contributed by atoms with E-state index >= 15 is 0 Å². The van der Waals surface area contributed by atoms with E-state index in [9.17, 15) is 15.0 Å². The number of hydrogen-bond acceptors (Lipinski definition) is 5. The number of aliphatic hydroxyl groups excluding tert-OH is 3. The quantitative estimate of drug-likeness (QED) is 0.478. The summed E-state index contributed by atoms with van der Waals surface area (Å²) >= 11 is 0. The molecule has 1 heterocycles. The molecular weight excluding hydrogens is 238 g/mol. The summed E-state index contributed by atoms with van der Waals surface area (Å²) in [7, 11) is 0. The van der Waals surface area contributed by atoms with Crippen LogP contribution in [0.2, 0.25) is 0 Å². The average molecular weight is 253 g/mol. The van der Waals surface area contributed by atoms with Crippen LogP contribution in [-0.2, 0) is 0 Å². The zero-order chi connectivity index (χ0) is 13.3. The molecule has 6 nitrogen and oxygen atoms in total. The topological polar surface area (TPSA) is 110 Å². The third-order valence-corrected chi connectivity index (χ3v) is 3.21. The predicted octanol–water partition coefficient (Wildman–Crippen LogP) is -0.888. The Morgan fingerprint density at radius 2 is 1.78 bits per heavy atom. The van der Waals surface area contributed by atoms with Gasteiger partial charge in [-0.1, -0.05) is 12.1 Å². The van der Waals surface area contributed by atoms with Gasteiger partial charge in [0.2, 0.25) is 0 Å². The zero-order valence-electron chi connectivity index (χ0n) is 9.52. The summed E-state index contributed by atoms with van der Waals surface area (Å²) in [6.07, 6.45) is -2.07. The van der Waals surface area contributed by atoms with Gasteiger partial charge >= 0.3 is 5.97 Å². The van der Waals surface area contributed by atoms with E-state index in [1.165, 1.54) is 12.1 Å². The molecule has 0 aliphatic carbocycles. The first-order valence-corrected chi connectivity index (χ1v) is 5.61. The van der Waals surface area contributed by atoms with Crippen LogP contribution in [0.5, 0.6) is 0 Å². The number of hydrogen-bond donors (Lipinski definition) is 5. The summed E-state index contributed by atoms with van der Waals surface area (Å²) in [4.78, 5) is 10.7. The first-order chi connectivity index (χ1) is 8.54. The molecule has 0 spiro atoms. The summed E-state index contributed by atoms with van der Waals surface area (Å²) < 4.78 is 0. The first kappa shape index (κ1) is 13.0. The molecular formula is C12H15NO5. The fraction of sp³-hybridized carbons (Fsp3) is 0.417. The fourth-order valence-electron chi connectivity index (χ4n) is 2.15. The minimum Gasteiger partial charge on any atom is -0.478 e. The van der Waals surface area contributed by atoms with Crippen LogP contribution < -0.4 is 5.32 Å². The van der Waals surface area contributed by atoms with E-state index in [4.69, 9.17) is 10.2 Å². The van der Waals surface area contributed by atoms with Crippen molar-refractivity contribution in [2.45, 2.75) is 24.3 Å². The molecule has 4 atom stereocenters. The Balaban J connectivity index is 2.19. The number of rotatable bonds is 3. The van der Waals surface area contributed by atoms with E-state index in [-0.39, 0.29) is 12.2 Å². The first-order valence-electron chi connectivity index (χ1n) is 5.61. The van der Waals surface area contributed by atoms with E-state index in [1.54, 1.807) is 12.1 Å². The third kappa shape index (κ3) is 2.23. The number of carbonyl (C=O) groups is 1. The maximum absolute atomic E-state index is 10.7. The van der Waals surface area contributed by atoms with Gasteiger partial charge in [-0.2, -0.15) is 0 Å². The Labute approximate surface area is 104 Å². The van der Waals surface area contributed by atoms with Crippen LogP contribution in [0.1, 0.15) is 22.0 Å². The second-order valence-corrected chi connectivity index (χ2v) is 4.34. The van der Waals surface area contributed by atoms with Crippen molar-refractivity contribution in [2.24, 2.45) is 0 Å². The predicted molar refractivity (Wildman–Crippen MR) is 62.2 cm³/mol. The molecule has 1 fully saturated rings. The number of aromatic carboxylic acids is 1. The van der Waals surface area contributed by atoms with Gasteiger partial charge in [0, 0.05) is 0 Å². The Bertz CT molecular complexity index is 433. The number of carboxylic acid groups (broad SMARTS) is 1. The monoisotopic (exact) mass is 253 g/mol. The molecule has 2 rings (SSSR count). The maximum atomic E-state index is 10.7. The summed E-state index contributed by atoms with van der Waals surface area (Å²) in [6.45, 7) is -0.276. The Kier molecular flexibility index (Phi) is 3.63. The maximum Gasteiger partial charge on any atom is 0.335 e. The standard InChI is InChI=1S/C12H15NO5/c14-5-8-10(15)11(16)9(13-8)6-1-3-7(4-2-6)12(17)18/h1-4,8-11,13-16H,5H2,(H,17,18). The second kappa shape index (κ2) is 5.03. The van der Waals surface area contributed by atoms with Gasteiger partial charge in [0.25, 0.3) is 0 Å². The van der Waals surface area contributed by atoms with Crippen LogP contribution in [0, 0.1) is 0 Å². The van der Waals surface area contributed by atoms with Crippen molar-refractivity contribution in [3.05, 3.63) is 35.4 Å². The number of benzene rings is 1. The molecule has 98 valence electrons. The highest BCUT2D eigenvalue weighted by Gasteiger charge is 2.41. The highest BCUT2D eigenvalue weighted by atomic mass is 16.4. The molecule has 1 aliphatic rings. The largest absolute Gasteiger partial charge is 0.478 e. The van der Waals surface area contributed by atoms with Crippen molar-refractivity contribution in [2.75, 3.05) is 6.61 Å². The van der Waals surface area contributed by atoms with Crippen LogP contribution in [0.25, 0.3) is 0 Å². The highest BCUT2D eigenvalue weighted by molar-refractivity contribution is 5.87. The van der Waals surface area contributed by atoms with Crippen molar-refractivity contribution in [1.29, 1.82) is 0 Å². The van der Waals surface area contributed by atoms with E-state index < -0.39 is 30.3 Å². The molecule has 0 amide bonds. The summed E-state index contributed by atoms with van der Waals surface area (Å²) in [6, 6.07) is 4.94. The molecule has 0 bridgehead atoms. The van der Waals surface area contributed by atoms with Gasteiger partial charge in [-0.3, -0.25) is 0 Å². The summed E-state index contributed by atoms with van der Waals surface area (Å²) in [5, 5.41) is 40.2. The average Bonchev–Trinajstić information content (AvgIpc) is 2.66. The van der Waals surface area contributed by atoms with Crippen molar-refractivity contribution in [3.8, 4) is 0 Å². The normalized spacial score (nSPS) is 31.5. The van der Waals surface area contributed by atoms with E-state index in [0.29, 0.717) is 5.56 Å². The lowest BCUT2D eigenvalue weighted by molar-refractivity contribution is 0.0194. The lowest BCUT2D eigenvalue weighted by atomic mass is 10.00. The summed E-state index contributed by atoms with van der Waals surface area (Å²) in [5.74, 6) is -1.02. The van der Waals surface area contributed by atoms with Crippen LogP contribution in [0.15, 0.2) is 24.3 Å². The molecule has 1 aromatic carbocycles. The second-order valence-electron chi connectivity index (χ2n) is 4.34.